The van der Waals surface area contributed by atoms with Crippen LogP contribution in [0.3, 0.4) is 0 Å². The normalized spacial score (nSPS) is 22.7. The van der Waals surface area contributed by atoms with Crippen molar-refractivity contribution in [3.8, 4) is 0 Å². The maximum Gasteiger partial charge on any atom is 0.237 e. The molecule has 2 N–H and O–H groups in total. The minimum absolute atomic E-state index is 0.102. The SMILES string of the molecule is Cc1ccccc1CSN1N=CSC1C(C(N)=O)N1CCOCC1. The van der Waals surface area contributed by atoms with Gasteiger partial charge in [-0.2, -0.15) is 5.10 Å². The number of primary amides is 1. The number of hydrazone groups is 1. The Labute approximate surface area is 150 Å². The van der Waals surface area contributed by atoms with E-state index in [9.17, 15) is 4.79 Å². The first-order chi connectivity index (χ1) is 11.7. The number of thioether (sulfide) groups is 1. The molecule has 2 unspecified atom stereocenters. The molecule has 0 aliphatic carbocycles. The number of hydrogen-bond acceptors (Lipinski definition) is 7. The molecular weight excluding hydrogens is 344 g/mol. The lowest BCUT2D eigenvalue weighted by Crippen LogP contribution is -2.56. The number of aryl methyl sites for hydroxylation is 1. The number of morpholine rings is 1. The summed E-state index contributed by atoms with van der Waals surface area (Å²) in [5, 5.41) is 4.33. The van der Waals surface area contributed by atoms with E-state index >= 15 is 0 Å². The highest BCUT2D eigenvalue weighted by Gasteiger charge is 2.39. The highest BCUT2D eigenvalue weighted by molar-refractivity contribution is 8.13. The second-order valence-corrected chi connectivity index (χ2v) is 7.63. The lowest BCUT2D eigenvalue weighted by molar-refractivity contribution is -0.125. The fraction of sp³-hybridized carbons (Fsp3) is 0.500. The third-order valence-electron chi connectivity index (χ3n) is 4.19. The topological polar surface area (TPSA) is 71.2 Å². The molecule has 1 amide bonds. The van der Waals surface area contributed by atoms with Crippen LogP contribution in [0.1, 0.15) is 11.1 Å². The van der Waals surface area contributed by atoms with Crippen molar-refractivity contribution in [3.63, 3.8) is 0 Å². The van der Waals surface area contributed by atoms with Crippen LogP contribution in [0.15, 0.2) is 29.4 Å². The molecule has 2 heterocycles. The van der Waals surface area contributed by atoms with E-state index in [4.69, 9.17) is 10.5 Å². The first-order valence-corrected chi connectivity index (χ1v) is 9.81. The smallest absolute Gasteiger partial charge is 0.237 e. The molecule has 3 rings (SSSR count). The van der Waals surface area contributed by atoms with Crippen LogP contribution in [0.25, 0.3) is 0 Å². The van der Waals surface area contributed by atoms with Crippen molar-refractivity contribution in [2.24, 2.45) is 10.8 Å². The van der Waals surface area contributed by atoms with Gasteiger partial charge in [0.15, 0.2) is 0 Å². The number of amides is 1. The molecule has 0 saturated carbocycles. The Kier molecular flexibility index (Phi) is 6.04. The highest BCUT2D eigenvalue weighted by atomic mass is 32.2. The molecule has 0 radical (unpaired) electrons. The molecule has 1 aromatic rings. The van der Waals surface area contributed by atoms with Crippen molar-refractivity contribution in [2.75, 3.05) is 26.3 Å². The van der Waals surface area contributed by atoms with E-state index in [1.807, 2.05) is 16.5 Å². The minimum atomic E-state index is -0.370. The van der Waals surface area contributed by atoms with Crippen molar-refractivity contribution >= 4 is 35.2 Å². The van der Waals surface area contributed by atoms with Gasteiger partial charge in [0.2, 0.25) is 5.91 Å². The average Bonchev–Trinajstić information content (AvgIpc) is 3.03. The monoisotopic (exact) mass is 366 g/mol. The maximum absolute atomic E-state index is 12.1. The van der Waals surface area contributed by atoms with Crippen molar-refractivity contribution in [2.45, 2.75) is 24.1 Å². The van der Waals surface area contributed by atoms with Crippen LogP contribution in [-0.2, 0) is 15.3 Å². The Hall–Kier alpha value is -1.22. The van der Waals surface area contributed by atoms with Gasteiger partial charge >= 0.3 is 0 Å². The molecule has 1 saturated heterocycles. The first-order valence-electron chi connectivity index (χ1n) is 7.92. The van der Waals surface area contributed by atoms with Gasteiger partial charge in [0.25, 0.3) is 0 Å². The van der Waals surface area contributed by atoms with E-state index in [2.05, 4.69) is 29.1 Å². The molecule has 2 aliphatic rings. The van der Waals surface area contributed by atoms with Gasteiger partial charge in [-0.15, -0.1) is 0 Å². The standard InChI is InChI=1S/C16H22N4O2S2/c1-12-4-2-3-5-13(12)10-24-20-16(23-11-18-20)14(15(17)21)19-6-8-22-9-7-19/h2-5,11,14,16H,6-10H2,1H3,(H2,17,21). The number of hydrogen-bond donors (Lipinski definition) is 1. The molecule has 0 spiro atoms. The Morgan fingerprint density at radius 3 is 2.92 bits per heavy atom. The Morgan fingerprint density at radius 1 is 1.46 bits per heavy atom. The molecule has 8 heteroatoms. The van der Waals surface area contributed by atoms with E-state index in [0.29, 0.717) is 13.2 Å². The van der Waals surface area contributed by atoms with Crippen LogP contribution in [0, 0.1) is 6.92 Å². The number of nitrogens with zero attached hydrogens (tertiary/aromatic N) is 3. The third-order valence-corrected chi connectivity index (χ3v) is 6.31. The Morgan fingerprint density at radius 2 is 2.21 bits per heavy atom. The van der Waals surface area contributed by atoms with E-state index in [-0.39, 0.29) is 17.3 Å². The predicted octanol–water partition coefficient (Wildman–Crippen LogP) is 1.65. The second-order valence-electron chi connectivity index (χ2n) is 5.75. The summed E-state index contributed by atoms with van der Waals surface area (Å²) in [4.78, 5) is 14.2. The quantitative estimate of drug-likeness (QED) is 0.772. The first kappa shape index (κ1) is 17.6. The Balaban J connectivity index is 1.67. The highest BCUT2D eigenvalue weighted by Crippen LogP contribution is 2.34. The van der Waals surface area contributed by atoms with E-state index in [0.717, 1.165) is 18.8 Å². The average molecular weight is 367 g/mol. The number of ether oxygens (including phenoxy) is 1. The molecule has 24 heavy (non-hydrogen) atoms. The van der Waals surface area contributed by atoms with Gasteiger partial charge in [-0.3, -0.25) is 9.69 Å². The predicted molar refractivity (Wildman–Crippen MR) is 99.6 cm³/mol. The molecule has 6 nitrogen and oxygen atoms in total. The van der Waals surface area contributed by atoms with E-state index < -0.39 is 0 Å². The number of rotatable bonds is 6. The minimum Gasteiger partial charge on any atom is -0.379 e. The van der Waals surface area contributed by atoms with Crippen LogP contribution in [0.5, 0.6) is 0 Å². The molecule has 2 aliphatic heterocycles. The number of nitrogens with two attached hydrogens (primary N) is 1. The summed E-state index contributed by atoms with van der Waals surface area (Å²) in [7, 11) is 0. The summed E-state index contributed by atoms with van der Waals surface area (Å²) in [6, 6.07) is 7.94. The number of carbonyl (C=O) groups excluding carboxylic acids is 1. The van der Waals surface area contributed by atoms with Gasteiger partial charge in [-0.1, -0.05) is 36.0 Å². The maximum atomic E-state index is 12.1. The van der Waals surface area contributed by atoms with Crippen LogP contribution in [0.4, 0.5) is 0 Å². The molecule has 2 atom stereocenters. The van der Waals surface area contributed by atoms with Crippen molar-refractivity contribution in [1.29, 1.82) is 0 Å². The van der Waals surface area contributed by atoms with Crippen LogP contribution in [-0.4, -0.2) is 58.5 Å². The fourth-order valence-corrected chi connectivity index (χ4v) is 5.08. The lowest BCUT2D eigenvalue weighted by Gasteiger charge is -2.37. The zero-order valence-corrected chi connectivity index (χ0v) is 15.3. The summed E-state index contributed by atoms with van der Waals surface area (Å²) in [5.74, 6) is 0.511. The number of carbonyl (C=O) groups is 1. The zero-order valence-electron chi connectivity index (χ0n) is 13.6. The van der Waals surface area contributed by atoms with Gasteiger partial charge in [-0.05, 0) is 30.0 Å². The summed E-state index contributed by atoms with van der Waals surface area (Å²) in [5.41, 5.74) is 10.0. The molecular formula is C16H22N4O2S2. The van der Waals surface area contributed by atoms with Gasteiger partial charge in [0.1, 0.15) is 11.4 Å². The van der Waals surface area contributed by atoms with Crippen LogP contribution < -0.4 is 5.73 Å². The van der Waals surface area contributed by atoms with Crippen molar-refractivity contribution in [1.82, 2.24) is 9.31 Å². The van der Waals surface area contributed by atoms with Gasteiger partial charge < -0.3 is 10.5 Å². The molecule has 0 bridgehead atoms. The van der Waals surface area contributed by atoms with Crippen LogP contribution >= 0.6 is 23.7 Å². The van der Waals surface area contributed by atoms with Gasteiger partial charge in [0, 0.05) is 18.8 Å². The van der Waals surface area contributed by atoms with Gasteiger partial charge in [0.05, 0.1) is 18.8 Å². The van der Waals surface area contributed by atoms with Crippen molar-refractivity contribution in [3.05, 3.63) is 35.4 Å². The molecule has 1 fully saturated rings. The second kappa shape index (κ2) is 8.24. The lowest BCUT2D eigenvalue weighted by atomic mass is 10.1. The summed E-state index contributed by atoms with van der Waals surface area (Å²) < 4.78 is 7.31. The fourth-order valence-electron chi connectivity index (χ4n) is 2.82. The Bertz CT molecular complexity index is 607. The molecule has 130 valence electrons. The van der Waals surface area contributed by atoms with E-state index in [1.165, 1.54) is 11.1 Å². The summed E-state index contributed by atoms with van der Waals surface area (Å²) in [6.45, 7) is 4.83. The van der Waals surface area contributed by atoms with E-state index in [1.54, 1.807) is 29.3 Å². The molecule has 1 aromatic carbocycles. The molecule has 0 aromatic heterocycles. The van der Waals surface area contributed by atoms with Crippen molar-refractivity contribution < 1.29 is 9.53 Å². The summed E-state index contributed by atoms with van der Waals surface area (Å²) >= 11 is 3.17. The van der Waals surface area contributed by atoms with Gasteiger partial charge in [-0.25, -0.2) is 4.41 Å². The van der Waals surface area contributed by atoms with Crippen LogP contribution in [0.2, 0.25) is 0 Å². The third kappa shape index (κ3) is 4.05. The number of benzene rings is 1. The summed E-state index contributed by atoms with van der Waals surface area (Å²) in [6.07, 6.45) is 0. The zero-order chi connectivity index (χ0) is 16.9. The largest absolute Gasteiger partial charge is 0.379 e.